The van der Waals surface area contributed by atoms with E-state index in [1.54, 1.807) is 6.92 Å². The van der Waals surface area contributed by atoms with E-state index >= 15 is 0 Å². The molecule has 4 atom stereocenters. The van der Waals surface area contributed by atoms with E-state index in [0.29, 0.717) is 17.8 Å². The zero-order chi connectivity index (χ0) is 15.0. The summed E-state index contributed by atoms with van der Waals surface area (Å²) >= 11 is 0. The van der Waals surface area contributed by atoms with E-state index in [1.165, 1.54) is 6.42 Å². The summed E-state index contributed by atoms with van der Waals surface area (Å²) in [7, 11) is 2.14. The zero-order valence-electron chi connectivity index (χ0n) is 12.8. The van der Waals surface area contributed by atoms with Crippen molar-refractivity contribution in [2.24, 2.45) is 5.92 Å². The molecule has 0 N–H and O–H groups in total. The van der Waals surface area contributed by atoms with Gasteiger partial charge >= 0.3 is 0 Å². The summed E-state index contributed by atoms with van der Waals surface area (Å²) in [6, 6.07) is 10.8. The molecule has 2 heterocycles. The highest BCUT2D eigenvalue weighted by Gasteiger charge is 2.48. The average molecular weight is 285 g/mol. The monoisotopic (exact) mass is 285 g/mol. The van der Waals surface area contributed by atoms with Crippen molar-refractivity contribution in [3.8, 4) is 0 Å². The molecule has 3 heteroatoms. The van der Waals surface area contributed by atoms with Gasteiger partial charge in [0, 0.05) is 24.1 Å². The first kappa shape index (κ1) is 14.3. The molecule has 0 amide bonds. The zero-order valence-corrected chi connectivity index (χ0v) is 12.8. The number of Topliss-reactive ketones (excluding diaryl/α,β-unsaturated/α-hetero) is 1. The summed E-state index contributed by atoms with van der Waals surface area (Å²) in [5.41, 5.74) is 0.992. The van der Waals surface area contributed by atoms with Crippen LogP contribution >= 0.6 is 0 Å². The molecular formula is C18H23NO2. The second kappa shape index (κ2) is 5.64. The van der Waals surface area contributed by atoms with Crippen LogP contribution in [0.25, 0.3) is 5.76 Å². The number of hydrogen-bond acceptors (Lipinski definition) is 3. The quantitative estimate of drug-likeness (QED) is 0.796. The van der Waals surface area contributed by atoms with Gasteiger partial charge in [0.2, 0.25) is 0 Å². The lowest BCUT2D eigenvalue weighted by atomic mass is 9.85. The van der Waals surface area contributed by atoms with Gasteiger partial charge < -0.3 is 4.74 Å². The number of ketones is 1. The molecule has 2 aliphatic heterocycles. The Hall–Kier alpha value is -1.61. The van der Waals surface area contributed by atoms with Gasteiger partial charge in [0.05, 0.1) is 5.92 Å². The molecule has 0 spiro atoms. The van der Waals surface area contributed by atoms with Crippen LogP contribution in [-0.4, -0.2) is 35.9 Å². The van der Waals surface area contributed by atoms with E-state index in [9.17, 15) is 4.79 Å². The van der Waals surface area contributed by atoms with Gasteiger partial charge in [0.25, 0.3) is 0 Å². The highest BCUT2D eigenvalue weighted by molar-refractivity contribution is 5.80. The van der Waals surface area contributed by atoms with E-state index in [2.05, 4.69) is 18.5 Å². The van der Waals surface area contributed by atoms with E-state index in [-0.39, 0.29) is 17.8 Å². The molecule has 2 unspecified atom stereocenters. The SMILES string of the molecule is C=C(O[C@H]1CC2CCC([C@H]1C(C)=O)N2C)c1ccccc1. The Kier molecular flexibility index (Phi) is 3.85. The van der Waals surface area contributed by atoms with Crippen LogP contribution in [0.5, 0.6) is 0 Å². The van der Waals surface area contributed by atoms with Crippen molar-refractivity contribution in [1.29, 1.82) is 0 Å². The van der Waals surface area contributed by atoms with Crippen molar-refractivity contribution < 1.29 is 9.53 Å². The molecule has 112 valence electrons. The number of nitrogens with zero attached hydrogens (tertiary/aromatic N) is 1. The van der Waals surface area contributed by atoms with Crippen molar-refractivity contribution in [2.45, 2.75) is 44.4 Å². The van der Waals surface area contributed by atoms with Crippen LogP contribution in [0.3, 0.4) is 0 Å². The van der Waals surface area contributed by atoms with Gasteiger partial charge in [-0.25, -0.2) is 0 Å². The van der Waals surface area contributed by atoms with E-state index in [0.717, 1.165) is 18.4 Å². The highest BCUT2D eigenvalue weighted by atomic mass is 16.5. The second-order valence-corrected chi connectivity index (χ2v) is 6.28. The molecule has 3 rings (SSSR count). The molecule has 0 aromatic heterocycles. The van der Waals surface area contributed by atoms with Crippen LogP contribution in [0.4, 0.5) is 0 Å². The van der Waals surface area contributed by atoms with Crippen LogP contribution in [0.2, 0.25) is 0 Å². The van der Waals surface area contributed by atoms with Crippen molar-refractivity contribution in [3.05, 3.63) is 42.5 Å². The number of rotatable bonds is 4. The third kappa shape index (κ3) is 2.62. The minimum absolute atomic E-state index is 0.0331. The number of piperidine rings is 1. The smallest absolute Gasteiger partial charge is 0.138 e. The molecule has 1 aromatic rings. The highest BCUT2D eigenvalue weighted by Crippen LogP contribution is 2.41. The fourth-order valence-corrected chi connectivity index (χ4v) is 3.95. The van der Waals surface area contributed by atoms with Crippen molar-refractivity contribution >= 4 is 11.5 Å². The first-order valence-corrected chi connectivity index (χ1v) is 7.71. The summed E-state index contributed by atoms with van der Waals surface area (Å²) in [5, 5.41) is 0. The predicted octanol–water partition coefficient (Wildman–Crippen LogP) is 3.11. The average Bonchev–Trinajstić information content (AvgIpc) is 2.72. The Morgan fingerprint density at radius 1 is 1.29 bits per heavy atom. The maximum Gasteiger partial charge on any atom is 0.138 e. The molecule has 3 nitrogen and oxygen atoms in total. The number of benzene rings is 1. The molecule has 0 aliphatic carbocycles. The largest absolute Gasteiger partial charge is 0.490 e. The number of fused-ring (bicyclic) bond motifs is 2. The fraction of sp³-hybridized carbons (Fsp3) is 0.500. The molecule has 2 fully saturated rings. The first-order valence-electron chi connectivity index (χ1n) is 7.71. The Labute approximate surface area is 126 Å². The normalized spacial score (nSPS) is 31.9. The van der Waals surface area contributed by atoms with Crippen molar-refractivity contribution in [3.63, 3.8) is 0 Å². The Morgan fingerprint density at radius 3 is 2.67 bits per heavy atom. The molecule has 0 saturated carbocycles. The summed E-state index contributed by atoms with van der Waals surface area (Å²) in [4.78, 5) is 14.5. The Morgan fingerprint density at radius 2 is 2.00 bits per heavy atom. The fourth-order valence-electron chi connectivity index (χ4n) is 3.95. The third-order valence-electron chi connectivity index (χ3n) is 5.07. The molecule has 21 heavy (non-hydrogen) atoms. The van der Waals surface area contributed by atoms with Gasteiger partial charge in [0.15, 0.2) is 0 Å². The van der Waals surface area contributed by atoms with E-state index < -0.39 is 0 Å². The number of carbonyl (C=O) groups excluding carboxylic acids is 1. The molecule has 1 aromatic carbocycles. The lowest BCUT2D eigenvalue weighted by Gasteiger charge is -2.41. The number of hydrogen-bond donors (Lipinski definition) is 0. The molecule has 0 radical (unpaired) electrons. The number of ether oxygens (including phenoxy) is 1. The molecule has 2 bridgehead atoms. The van der Waals surface area contributed by atoms with Gasteiger partial charge in [-0.2, -0.15) is 0 Å². The minimum Gasteiger partial charge on any atom is -0.490 e. The van der Waals surface area contributed by atoms with Gasteiger partial charge in [-0.1, -0.05) is 36.9 Å². The lowest BCUT2D eigenvalue weighted by Crippen LogP contribution is -2.52. The maximum atomic E-state index is 12.1. The van der Waals surface area contributed by atoms with Gasteiger partial charge in [-0.3, -0.25) is 9.69 Å². The first-order chi connectivity index (χ1) is 10.1. The van der Waals surface area contributed by atoms with Gasteiger partial charge in [-0.15, -0.1) is 0 Å². The Bertz CT molecular complexity index is 539. The summed E-state index contributed by atoms with van der Waals surface area (Å²) in [6.45, 7) is 5.75. The topological polar surface area (TPSA) is 29.5 Å². The maximum absolute atomic E-state index is 12.1. The van der Waals surface area contributed by atoms with Crippen molar-refractivity contribution in [1.82, 2.24) is 4.90 Å². The third-order valence-corrected chi connectivity index (χ3v) is 5.07. The summed E-state index contributed by atoms with van der Waals surface area (Å²) < 4.78 is 6.14. The minimum atomic E-state index is -0.0380. The second-order valence-electron chi connectivity index (χ2n) is 6.28. The van der Waals surface area contributed by atoms with Crippen LogP contribution in [-0.2, 0) is 9.53 Å². The van der Waals surface area contributed by atoms with Crippen LogP contribution in [0, 0.1) is 5.92 Å². The molecule has 2 saturated heterocycles. The standard InChI is InChI=1S/C18H23NO2/c1-12(20)18-16-10-9-15(19(16)3)11-17(18)21-13(2)14-7-5-4-6-8-14/h4-8,15-18H,2,9-11H2,1,3H3/t15?,16?,17-,18+/m0/s1. The van der Waals surface area contributed by atoms with Gasteiger partial charge in [0.1, 0.15) is 17.6 Å². The number of carbonyl (C=O) groups is 1. The van der Waals surface area contributed by atoms with Crippen LogP contribution in [0.1, 0.15) is 31.7 Å². The Balaban J connectivity index is 1.78. The predicted molar refractivity (Wildman–Crippen MR) is 83.7 cm³/mol. The van der Waals surface area contributed by atoms with Gasteiger partial charge in [-0.05, 0) is 26.8 Å². The van der Waals surface area contributed by atoms with E-state index in [4.69, 9.17) is 4.74 Å². The van der Waals surface area contributed by atoms with Crippen LogP contribution in [0.15, 0.2) is 36.9 Å². The summed E-state index contributed by atoms with van der Waals surface area (Å²) in [5.74, 6) is 0.878. The lowest BCUT2D eigenvalue weighted by molar-refractivity contribution is -0.129. The van der Waals surface area contributed by atoms with E-state index in [1.807, 2.05) is 30.3 Å². The van der Waals surface area contributed by atoms with Crippen LogP contribution < -0.4 is 0 Å². The molecule has 2 aliphatic rings. The van der Waals surface area contributed by atoms with Crippen molar-refractivity contribution in [2.75, 3.05) is 7.05 Å². The summed E-state index contributed by atoms with van der Waals surface area (Å²) in [6.07, 6.45) is 3.15. The molecular weight excluding hydrogens is 262 g/mol.